The van der Waals surface area contributed by atoms with E-state index in [1.807, 2.05) is 18.5 Å². The number of benzene rings is 7. The number of nitrogens with one attached hydrogen (secondary N) is 2. The van der Waals surface area contributed by atoms with Gasteiger partial charge < -0.3 is 9.73 Å². The van der Waals surface area contributed by atoms with E-state index in [9.17, 15) is 0 Å². The van der Waals surface area contributed by atoms with Crippen LogP contribution in [-0.2, 0) is 0 Å². The predicted octanol–water partition coefficient (Wildman–Crippen LogP) is 10.4. The maximum atomic E-state index is 6.39. The van der Waals surface area contributed by atoms with Crippen molar-refractivity contribution >= 4 is 60.1 Å². The molecule has 2 N–H and O–H groups in total. The molecule has 10 rings (SSSR count). The molecule has 0 saturated carbocycles. The van der Waals surface area contributed by atoms with Crippen molar-refractivity contribution in [2.24, 2.45) is 4.99 Å². The van der Waals surface area contributed by atoms with Gasteiger partial charge in [0.25, 0.3) is 0 Å². The van der Waals surface area contributed by atoms with Crippen LogP contribution in [0.2, 0.25) is 0 Å². The minimum Gasteiger partial charge on any atom is -0.454 e. The van der Waals surface area contributed by atoms with Gasteiger partial charge in [-0.2, -0.15) is 0 Å². The summed E-state index contributed by atoms with van der Waals surface area (Å²) in [5, 5.41) is 16.8. The van der Waals surface area contributed by atoms with Crippen molar-refractivity contribution in [2.75, 3.05) is 0 Å². The van der Waals surface area contributed by atoms with Gasteiger partial charge in [-0.25, -0.2) is 4.99 Å². The summed E-state index contributed by atoms with van der Waals surface area (Å²) in [6, 6.07) is 51.4. The van der Waals surface area contributed by atoms with Crippen LogP contribution < -0.4 is 10.6 Å². The maximum Gasteiger partial charge on any atom is 0.154 e. The topological polar surface area (TPSA) is 62.5 Å². The second-order valence-corrected chi connectivity index (χ2v) is 12.7. The molecule has 7 aromatic carbocycles. The molecule has 3 heterocycles. The van der Waals surface area contributed by atoms with Crippen molar-refractivity contribution in [3.05, 3.63) is 175 Å². The summed E-state index contributed by atoms with van der Waals surface area (Å²) in [6.07, 6.45) is 3.38. The Bertz CT molecular complexity index is 2750. The molecule has 49 heavy (non-hydrogen) atoms. The lowest BCUT2D eigenvalue weighted by molar-refractivity contribution is 0.411. The molecule has 5 nitrogen and oxygen atoms in total. The number of hydrogen-bond acceptors (Lipinski definition) is 5. The van der Waals surface area contributed by atoms with Gasteiger partial charge in [0.2, 0.25) is 0 Å². The molecule has 5 heteroatoms. The minimum atomic E-state index is -0.225. The molecule has 0 saturated heterocycles. The van der Waals surface area contributed by atoms with Gasteiger partial charge in [0.1, 0.15) is 23.8 Å². The monoisotopic (exact) mass is 630 g/mol. The maximum absolute atomic E-state index is 6.39. The molecule has 2 aromatic heterocycles. The van der Waals surface area contributed by atoms with E-state index in [1.54, 1.807) is 0 Å². The van der Waals surface area contributed by atoms with E-state index in [2.05, 4.69) is 155 Å². The Morgan fingerprint density at radius 1 is 0.531 bits per heavy atom. The van der Waals surface area contributed by atoms with Crippen LogP contribution in [0.5, 0.6) is 0 Å². The van der Waals surface area contributed by atoms with E-state index >= 15 is 0 Å². The van der Waals surface area contributed by atoms with Crippen molar-refractivity contribution in [1.29, 1.82) is 0 Å². The molecule has 0 radical (unpaired) electrons. The molecule has 1 aliphatic heterocycles. The van der Waals surface area contributed by atoms with Crippen LogP contribution in [0.1, 0.15) is 29.0 Å². The molecule has 1 aliphatic rings. The number of rotatable bonds is 4. The molecule has 0 aliphatic carbocycles. The predicted molar refractivity (Wildman–Crippen MR) is 201 cm³/mol. The minimum absolute atomic E-state index is 0.196. The van der Waals surface area contributed by atoms with Crippen LogP contribution in [0.4, 0.5) is 0 Å². The molecule has 0 spiro atoms. The fourth-order valence-corrected chi connectivity index (χ4v) is 7.45. The van der Waals surface area contributed by atoms with E-state index in [-0.39, 0.29) is 12.3 Å². The van der Waals surface area contributed by atoms with Gasteiger partial charge >= 0.3 is 0 Å². The summed E-state index contributed by atoms with van der Waals surface area (Å²) in [4.78, 5) is 9.85. The van der Waals surface area contributed by atoms with Crippen molar-refractivity contribution in [3.8, 4) is 11.1 Å². The van der Waals surface area contributed by atoms with Gasteiger partial charge in [-0.1, -0.05) is 127 Å². The molecule has 9 aromatic rings. The summed E-state index contributed by atoms with van der Waals surface area (Å²) >= 11 is 0. The van der Waals surface area contributed by atoms with E-state index in [4.69, 9.17) is 9.41 Å². The van der Waals surface area contributed by atoms with Crippen molar-refractivity contribution < 1.29 is 4.42 Å². The summed E-state index contributed by atoms with van der Waals surface area (Å²) in [5.41, 5.74) is 7.15. The quantitative estimate of drug-likeness (QED) is 0.203. The van der Waals surface area contributed by atoms with E-state index in [1.165, 1.54) is 16.2 Å². The second-order valence-electron chi connectivity index (χ2n) is 12.7. The first-order chi connectivity index (χ1) is 24.3. The number of nitrogens with zero attached hydrogens (tertiary/aromatic N) is 2. The number of furan rings is 1. The normalized spacial score (nSPS) is 16.4. The third kappa shape index (κ3) is 4.66. The lowest BCUT2D eigenvalue weighted by Crippen LogP contribution is -2.45. The highest BCUT2D eigenvalue weighted by Gasteiger charge is 2.27. The van der Waals surface area contributed by atoms with Gasteiger partial charge in [0.05, 0.1) is 6.20 Å². The smallest absolute Gasteiger partial charge is 0.154 e. The second kappa shape index (κ2) is 11.2. The summed E-state index contributed by atoms with van der Waals surface area (Å²) in [7, 11) is 0. The first-order valence-electron chi connectivity index (χ1n) is 16.6. The summed E-state index contributed by atoms with van der Waals surface area (Å²) < 4.78 is 6.39. The Labute approximate surface area is 282 Å². The van der Waals surface area contributed by atoms with Crippen LogP contribution in [0, 0.1) is 0 Å². The van der Waals surface area contributed by atoms with Crippen LogP contribution in [0.3, 0.4) is 0 Å². The molecule has 0 fully saturated rings. The number of aliphatic imine (C=N–C) groups is 1. The lowest BCUT2D eigenvalue weighted by Gasteiger charge is -2.33. The van der Waals surface area contributed by atoms with Gasteiger partial charge in [-0.15, -0.1) is 0 Å². The Morgan fingerprint density at radius 2 is 1.27 bits per heavy atom. The highest BCUT2D eigenvalue weighted by molar-refractivity contribution is 6.17. The zero-order valence-electron chi connectivity index (χ0n) is 26.5. The number of pyridine rings is 1. The Balaban J connectivity index is 1.12. The highest BCUT2D eigenvalue weighted by atomic mass is 16.3. The molecule has 0 amide bonds. The Kier molecular flexibility index (Phi) is 6.32. The van der Waals surface area contributed by atoms with Gasteiger partial charge in [0.15, 0.2) is 5.58 Å². The summed E-state index contributed by atoms with van der Waals surface area (Å²) in [5.74, 6) is 0.863. The average molecular weight is 631 g/mol. The third-order valence-corrected chi connectivity index (χ3v) is 9.81. The molecule has 0 bridgehead atoms. The molecule has 232 valence electrons. The van der Waals surface area contributed by atoms with Gasteiger partial charge in [-0.3, -0.25) is 10.3 Å². The first kappa shape index (κ1) is 27.8. The summed E-state index contributed by atoms with van der Waals surface area (Å²) in [6.45, 7) is 0. The van der Waals surface area contributed by atoms with E-state index in [0.717, 1.165) is 71.8 Å². The van der Waals surface area contributed by atoms with Crippen LogP contribution in [-0.4, -0.2) is 10.8 Å². The average Bonchev–Trinajstić information content (AvgIpc) is 3.54. The standard InChI is InChI=1S/C44H30N4O/c1-2-11-28(12-3-1)42-46-43(32-21-20-27-10-4-5-13-29(27)22-32)48-44(47-42)36-19-9-16-33-34(36)17-8-18-35(33)38-25-45-26-40-41(38)37-23-30-14-6-7-15-31(30)24-39(37)49-40/h1-26,42,44,47H,(H,46,48). The fourth-order valence-electron chi connectivity index (χ4n) is 7.45. The van der Waals surface area contributed by atoms with E-state index in [0.29, 0.717) is 0 Å². The zero-order valence-corrected chi connectivity index (χ0v) is 26.5. The van der Waals surface area contributed by atoms with E-state index < -0.39 is 0 Å². The highest BCUT2D eigenvalue weighted by Crippen LogP contribution is 2.41. The molecular formula is C44H30N4O. The molecule has 2 atom stereocenters. The number of amidine groups is 1. The lowest BCUT2D eigenvalue weighted by atomic mass is 9.92. The van der Waals surface area contributed by atoms with Crippen molar-refractivity contribution in [1.82, 2.24) is 15.6 Å². The Morgan fingerprint density at radius 3 is 2.12 bits per heavy atom. The molecular weight excluding hydrogens is 601 g/mol. The van der Waals surface area contributed by atoms with Gasteiger partial charge in [-0.05, 0) is 67.2 Å². The number of aromatic nitrogens is 1. The van der Waals surface area contributed by atoms with Crippen molar-refractivity contribution in [3.63, 3.8) is 0 Å². The largest absolute Gasteiger partial charge is 0.454 e. The van der Waals surface area contributed by atoms with Gasteiger partial charge in [0, 0.05) is 28.1 Å². The zero-order chi connectivity index (χ0) is 32.3. The van der Waals surface area contributed by atoms with Crippen LogP contribution in [0.25, 0.3) is 65.4 Å². The Hall–Kier alpha value is -6.30. The molecule has 2 unspecified atom stereocenters. The third-order valence-electron chi connectivity index (χ3n) is 9.81. The first-order valence-corrected chi connectivity index (χ1v) is 16.6. The number of hydrogen-bond donors (Lipinski definition) is 2. The van der Waals surface area contributed by atoms with Crippen LogP contribution >= 0.6 is 0 Å². The SMILES string of the molecule is c1ccc(C2N=C(c3ccc4ccccc4c3)NC(c3cccc4c(-c5cncc6oc7cc8ccccc8cc7c56)cccc34)N2)cc1. The number of fused-ring (bicyclic) bond motifs is 6. The van der Waals surface area contributed by atoms with Crippen LogP contribution in [0.15, 0.2) is 167 Å². The fraction of sp³-hybridized carbons (Fsp3) is 0.0455. The van der Waals surface area contributed by atoms with Crippen molar-refractivity contribution in [2.45, 2.75) is 12.3 Å².